The summed E-state index contributed by atoms with van der Waals surface area (Å²) < 4.78 is 20.7. The molecule has 0 radical (unpaired) electrons. The quantitative estimate of drug-likeness (QED) is 0.612. The second-order valence-corrected chi connectivity index (χ2v) is 9.89. The summed E-state index contributed by atoms with van der Waals surface area (Å²) in [6, 6.07) is 9.58. The van der Waals surface area contributed by atoms with Crippen molar-refractivity contribution in [2.45, 2.75) is 51.0 Å². The molecule has 1 fully saturated rings. The first kappa shape index (κ1) is 20.6. The highest BCUT2D eigenvalue weighted by Crippen LogP contribution is 2.32. The summed E-state index contributed by atoms with van der Waals surface area (Å²) in [6.07, 6.45) is 5.65. The molecule has 26 heavy (non-hydrogen) atoms. The Morgan fingerprint density at radius 3 is 2.50 bits per heavy atom. The number of amides is 1. The molecule has 1 aliphatic heterocycles. The van der Waals surface area contributed by atoms with Crippen molar-refractivity contribution >= 4 is 17.5 Å². The van der Waals surface area contributed by atoms with Crippen LogP contribution in [0.25, 0.3) is 0 Å². The predicted octanol–water partition coefficient (Wildman–Crippen LogP) is 3.09. The minimum absolute atomic E-state index is 0.133. The van der Waals surface area contributed by atoms with E-state index < -0.39 is 16.9 Å². The number of carbonyl (C=O) groups excluding carboxylic acids is 1. The van der Waals surface area contributed by atoms with E-state index in [1.54, 1.807) is 4.90 Å². The van der Waals surface area contributed by atoms with Gasteiger partial charge in [0.15, 0.2) is 0 Å². The van der Waals surface area contributed by atoms with Crippen LogP contribution in [0, 0.1) is 18.3 Å². The number of benzene rings is 1. The Labute approximate surface area is 159 Å². The number of hydrogen-bond donors (Lipinski definition) is 1. The molecule has 5 nitrogen and oxygen atoms in total. The first-order chi connectivity index (χ1) is 12.2. The van der Waals surface area contributed by atoms with Gasteiger partial charge in [0, 0.05) is 36.8 Å². The van der Waals surface area contributed by atoms with E-state index >= 15 is 0 Å². The van der Waals surface area contributed by atoms with Gasteiger partial charge in [-0.3, -0.25) is 0 Å². The highest BCUT2D eigenvalue weighted by Gasteiger charge is 2.47. The summed E-state index contributed by atoms with van der Waals surface area (Å²) in [5, 5.41) is 0. The van der Waals surface area contributed by atoms with E-state index in [9.17, 15) is 9.35 Å². The Bertz CT molecular complexity index is 647. The van der Waals surface area contributed by atoms with Crippen molar-refractivity contribution in [3.8, 4) is 12.3 Å². The third kappa shape index (κ3) is 5.16. The number of terminal acetylenes is 1. The third-order valence-corrected chi connectivity index (χ3v) is 6.36. The van der Waals surface area contributed by atoms with Gasteiger partial charge in [-0.25, -0.2) is 4.79 Å². The van der Waals surface area contributed by atoms with Crippen molar-refractivity contribution in [2.24, 2.45) is 5.92 Å². The van der Waals surface area contributed by atoms with E-state index in [0.717, 1.165) is 5.56 Å². The fourth-order valence-corrected chi connectivity index (χ4v) is 3.65. The van der Waals surface area contributed by atoms with E-state index in [1.165, 1.54) is 0 Å². The number of nitrogens with zero attached hydrogens (tertiary/aromatic N) is 1. The molecule has 2 rings (SSSR count). The molecule has 0 spiro atoms. The average Bonchev–Trinajstić information content (AvgIpc) is 2.51. The summed E-state index contributed by atoms with van der Waals surface area (Å²) in [5.41, 5.74) is 0.473. The Balaban J connectivity index is 1.88. The van der Waals surface area contributed by atoms with Gasteiger partial charge in [-0.15, -0.1) is 17.1 Å². The molecule has 0 bridgehead atoms. The Morgan fingerprint density at radius 2 is 1.96 bits per heavy atom. The maximum Gasteiger partial charge on any atom is 0.410 e. The monoisotopic (exact) mass is 376 g/mol. The van der Waals surface area contributed by atoms with Gasteiger partial charge in [0.25, 0.3) is 0 Å². The Morgan fingerprint density at radius 1 is 1.35 bits per heavy atom. The van der Waals surface area contributed by atoms with Gasteiger partial charge in [0.05, 0.1) is 5.54 Å². The standard InChI is InChI=1S/C20H28N2O3S/c1-6-12-20(5,21-26(24)19(2,3)4)17-13-22(14-17)18(23)25-15-16-10-8-7-9-11-16/h1,7-11,17,21H,12-15H2,2-5H3. The molecule has 0 aliphatic carbocycles. The largest absolute Gasteiger partial charge is 0.598 e. The summed E-state index contributed by atoms with van der Waals surface area (Å²) in [5.74, 6) is 2.81. The molecule has 1 aromatic carbocycles. The summed E-state index contributed by atoms with van der Waals surface area (Å²) in [6.45, 7) is 9.07. The van der Waals surface area contributed by atoms with E-state index in [1.807, 2.05) is 58.0 Å². The number of hydrogen-bond acceptors (Lipinski definition) is 4. The number of rotatable bonds is 6. The minimum Gasteiger partial charge on any atom is -0.598 e. The summed E-state index contributed by atoms with van der Waals surface area (Å²) in [4.78, 5) is 13.9. The van der Waals surface area contributed by atoms with Gasteiger partial charge >= 0.3 is 6.09 Å². The van der Waals surface area contributed by atoms with Gasteiger partial charge in [-0.1, -0.05) is 30.3 Å². The lowest BCUT2D eigenvalue weighted by atomic mass is 9.79. The zero-order valence-electron chi connectivity index (χ0n) is 16.0. The first-order valence-electron chi connectivity index (χ1n) is 8.74. The lowest BCUT2D eigenvalue weighted by molar-refractivity contribution is 0.0229. The molecule has 1 saturated heterocycles. The van der Waals surface area contributed by atoms with Crippen molar-refractivity contribution in [3.63, 3.8) is 0 Å². The zero-order chi connectivity index (χ0) is 19.4. The molecule has 1 amide bonds. The fourth-order valence-electron chi connectivity index (χ4n) is 2.68. The first-order valence-corrected chi connectivity index (χ1v) is 9.89. The molecule has 1 aliphatic rings. The Kier molecular flexibility index (Phi) is 6.62. The van der Waals surface area contributed by atoms with Gasteiger partial charge < -0.3 is 14.2 Å². The van der Waals surface area contributed by atoms with Crippen LogP contribution in [-0.4, -0.2) is 38.9 Å². The zero-order valence-corrected chi connectivity index (χ0v) is 16.8. The highest BCUT2D eigenvalue weighted by atomic mass is 32.2. The molecule has 0 saturated carbocycles. The number of carbonyl (C=O) groups is 1. The maximum absolute atomic E-state index is 12.5. The number of nitrogens with one attached hydrogen (secondary N) is 1. The van der Waals surface area contributed by atoms with Crippen molar-refractivity contribution in [1.82, 2.24) is 9.62 Å². The van der Waals surface area contributed by atoms with E-state index in [2.05, 4.69) is 10.6 Å². The second-order valence-electron chi connectivity index (χ2n) is 7.92. The lowest BCUT2D eigenvalue weighted by Gasteiger charge is -2.48. The summed E-state index contributed by atoms with van der Waals surface area (Å²) in [7, 11) is 0. The molecule has 2 atom stereocenters. The van der Waals surface area contributed by atoms with E-state index in [-0.39, 0.29) is 23.4 Å². The van der Waals surface area contributed by atoms with Gasteiger partial charge in [0.2, 0.25) is 0 Å². The number of likely N-dealkylation sites (tertiary alicyclic amines) is 1. The molecule has 1 heterocycles. The van der Waals surface area contributed by atoms with Crippen LogP contribution in [0.2, 0.25) is 0 Å². The van der Waals surface area contributed by atoms with Gasteiger partial charge in [-0.05, 0) is 33.3 Å². The van der Waals surface area contributed by atoms with Crippen molar-refractivity contribution in [2.75, 3.05) is 13.1 Å². The van der Waals surface area contributed by atoms with Gasteiger partial charge in [-0.2, -0.15) is 0 Å². The van der Waals surface area contributed by atoms with Crippen molar-refractivity contribution in [3.05, 3.63) is 35.9 Å². The fraction of sp³-hybridized carbons (Fsp3) is 0.550. The molecule has 0 aromatic heterocycles. The SMILES string of the molecule is C#CCC(C)(N[S+]([O-])C(C)(C)C)C1CN(C(=O)OCc2ccccc2)C1. The molecule has 142 valence electrons. The van der Waals surface area contributed by atoms with Crippen molar-refractivity contribution < 1.29 is 14.1 Å². The van der Waals surface area contributed by atoms with E-state index in [4.69, 9.17) is 11.2 Å². The van der Waals surface area contributed by atoms with Crippen LogP contribution < -0.4 is 4.72 Å². The highest BCUT2D eigenvalue weighted by molar-refractivity contribution is 7.90. The van der Waals surface area contributed by atoms with Crippen LogP contribution in [-0.2, 0) is 22.7 Å². The average molecular weight is 377 g/mol. The lowest BCUT2D eigenvalue weighted by Crippen LogP contribution is -2.65. The molecular formula is C20H28N2O3S. The number of ether oxygens (including phenoxy) is 1. The molecule has 1 aromatic rings. The molecular weight excluding hydrogens is 348 g/mol. The van der Waals surface area contributed by atoms with Crippen LogP contribution in [0.1, 0.15) is 39.7 Å². The van der Waals surface area contributed by atoms with Gasteiger partial charge in [0.1, 0.15) is 11.4 Å². The Hall–Kier alpha value is -1.68. The minimum atomic E-state index is -1.23. The smallest absolute Gasteiger partial charge is 0.410 e. The maximum atomic E-state index is 12.5. The summed E-state index contributed by atoms with van der Waals surface area (Å²) >= 11 is -1.23. The third-order valence-electron chi connectivity index (χ3n) is 4.60. The van der Waals surface area contributed by atoms with Crippen LogP contribution in [0.3, 0.4) is 0 Å². The molecule has 1 N–H and O–H groups in total. The van der Waals surface area contributed by atoms with E-state index in [0.29, 0.717) is 19.5 Å². The normalized spacial score (nSPS) is 18.4. The van der Waals surface area contributed by atoms with Crippen LogP contribution >= 0.6 is 0 Å². The molecule has 2 unspecified atom stereocenters. The second kappa shape index (κ2) is 8.34. The van der Waals surface area contributed by atoms with Crippen LogP contribution in [0.5, 0.6) is 0 Å². The van der Waals surface area contributed by atoms with Crippen LogP contribution in [0.15, 0.2) is 30.3 Å². The topological polar surface area (TPSA) is 64.6 Å². The van der Waals surface area contributed by atoms with Crippen LogP contribution in [0.4, 0.5) is 4.79 Å². The van der Waals surface area contributed by atoms with Crippen molar-refractivity contribution in [1.29, 1.82) is 0 Å². The predicted molar refractivity (Wildman–Crippen MR) is 105 cm³/mol. The molecule has 6 heteroatoms.